The molecule has 0 saturated heterocycles. The molecule has 4 fully saturated rings. The van der Waals surface area contributed by atoms with Crippen LogP contribution in [0, 0.1) is 23.2 Å². The minimum atomic E-state index is 0.0158. The van der Waals surface area contributed by atoms with Crippen LogP contribution in [0.3, 0.4) is 0 Å². The third-order valence-corrected chi connectivity index (χ3v) is 8.78. The lowest BCUT2D eigenvalue weighted by molar-refractivity contribution is -0.0503. The molecule has 0 aromatic carbocycles. The predicted octanol–water partition coefficient (Wildman–Crippen LogP) is 4.31. The highest BCUT2D eigenvalue weighted by Gasteiger charge is 2.50. The number of hydrogen-bond donors (Lipinski definition) is 1. The van der Waals surface area contributed by atoms with E-state index in [2.05, 4.69) is 10.3 Å². The van der Waals surface area contributed by atoms with Gasteiger partial charge in [-0.1, -0.05) is 17.8 Å². The highest BCUT2D eigenvalue weighted by atomic mass is 32.2. The molecular weight excluding hydrogens is 406 g/mol. The molecule has 3 aromatic heterocycles. The number of nitrogens with one attached hydrogen (secondary N) is 1. The summed E-state index contributed by atoms with van der Waals surface area (Å²) in [5.74, 6) is 3.44. The first-order valence-electron chi connectivity index (χ1n) is 11.4. The number of thioether (sulfide) groups is 1. The monoisotopic (exact) mass is 435 g/mol. The van der Waals surface area contributed by atoms with Gasteiger partial charge in [0.15, 0.2) is 5.16 Å². The van der Waals surface area contributed by atoms with E-state index in [9.17, 15) is 4.79 Å². The van der Waals surface area contributed by atoms with Gasteiger partial charge in [0.25, 0.3) is 5.91 Å². The Morgan fingerprint density at radius 3 is 2.61 bits per heavy atom. The van der Waals surface area contributed by atoms with Gasteiger partial charge in [0.1, 0.15) is 11.3 Å². The van der Waals surface area contributed by atoms with E-state index in [0.29, 0.717) is 11.1 Å². The normalized spacial score (nSPS) is 29.0. The fourth-order valence-corrected chi connectivity index (χ4v) is 7.63. The number of amides is 1. The van der Waals surface area contributed by atoms with E-state index < -0.39 is 0 Å². The SMILES string of the molecule is Cn1ccnc1SCc1cn2c(C(=O)NCC34CC5CC(CC(C5)C3)C4)cccc2n1. The fraction of sp³-hybridized carbons (Fsp3) is 0.542. The molecule has 1 amide bonds. The van der Waals surface area contributed by atoms with Crippen LogP contribution >= 0.6 is 11.8 Å². The predicted molar refractivity (Wildman–Crippen MR) is 121 cm³/mol. The van der Waals surface area contributed by atoms with Crippen LogP contribution in [0.2, 0.25) is 0 Å². The van der Waals surface area contributed by atoms with Crippen LogP contribution in [-0.2, 0) is 12.8 Å². The van der Waals surface area contributed by atoms with Gasteiger partial charge < -0.3 is 9.88 Å². The summed E-state index contributed by atoms with van der Waals surface area (Å²) in [6.45, 7) is 0.822. The van der Waals surface area contributed by atoms with Crippen molar-refractivity contribution in [2.24, 2.45) is 30.2 Å². The van der Waals surface area contributed by atoms with Crippen LogP contribution in [0.15, 0.2) is 41.9 Å². The average Bonchev–Trinajstić information content (AvgIpc) is 3.34. The van der Waals surface area contributed by atoms with E-state index in [-0.39, 0.29) is 5.91 Å². The van der Waals surface area contributed by atoms with Crippen molar-refractivity contribution in [2.75, 3.05) is 6.54 Å². The van der Waals surface area contributed by atoms with Gasteiger partial charge in [0.2, 0.25) is 0 Å². The van der Waals surface area contributed by atoms with Gasteiger partial charge in [-0.05, 0) is 73.8 Å². The van der Waals surface area contributed by atoms with Gasteiger partial charge in [-0.25, -0.2) is 9.97 Å². The van der Waals surface area contributed by atoms with E-state index in [1.54, 1.807) is 18.0 Å². The Morgan fingerprint density at radius 2 is 1.94 bits per heavy atom. The molecule has 0 aliphatic heterocycles. The molecule has 31 heavy (non-hydrogen) atoms. The fourth-order valence-electron chi connectivity index (χ4n) is 6.81. The molecule has 4 saturated carbocycles. The van der Waals surface area contributed by atoms with Crippen LogP contribution in [0.1, 0.15) is 54.7 Å². The van der Waals surface area contributed by atoms with Crippen molar-refractivity contribution in [3.8, 4) is 0 Å². The van der Waals surface area contributed by atoms with E-state index in [1.807, 2.05) is 46.6 Å². The maximum Gasteiger partial charge on any atom is 0.268 e. The third kappa shape index (κ3) is 3.56. The largest absolute Gasteiger partial charge is 0.350 e. The Hall–Kier alpha value is -2.28. The maximum absolute atomic E-state index is 13.2. The Morgan fingerprint density at radius 1 is 1.19 bits per heavy atom. The second-order valence-electron chi connectivity index (χ2n) is 10.1. The number of aromatic nitrogens is 4. The molecule has 0 radical (unpaired) electrons. The second kappa shape index (κ2) is 7.40. The van der Waals surface area contributed by atoms with Crippen LogP contribution in [0.5, 0.6) is 0 Å². The van der Waals surface area contributed by atoms with Crippen molar-refractivity contribution in [3.63, 3.8) is 0 Å². The van der Waals surface area contributed by atoms with Crippen LogP contribution < -0.4 is 5.32 Å². The molecule has 0 unspecified atom stereocenters. The summed E-state index contributed by atoms with van der Waals surface area (Å²) >= 11 is 1.65. The zero-order valence-corrected chi connectivity index (χ0v) is 18.8. The summed E-state index contributed by atoms with van der Waals surface area (Å²) in [7, 11) is 1.99. The molecular formula is C24H29N5OS. The third-order valence-electron chi connectivity index (χ3n) is 7.69. The van der Waals surface area contributed by atoms with Crippen LogP contribution in [0.4, 0.5) is 0 Å². The van der Waals surface area contributed by atoms with Crippen LogP contribution in [0.25, 0.3) is 5.65 Å². The first-order chi connectivity index (χ1) is 15.1. The number of rotatable bonds is 6. The number of fused-ring (bicyclic) bond motifs is 1. The summed E-state index contributed by atoms with van der Waals surface area (Å²) in [6.07, 6.45) is 14.0. The molecule has 4 bridgehead atoms. The number of aryl methyl sites for hydroxylation is 1. The quantitative estimate of drug-likeness (QED) is 0.586. The van der Waals surface area contributed by atoms with Crippen molar-refractivity contribution < 1.29 is 4.79 Å². The number of pyridine rings is 1. The minimum Gasteiger partial charge on any atom is -0.350 e. The number of carbonyl (C=O) groups excluding carboxylic acids is 1. The van der Waals surface area contributed by atoms with E-state index in [4.69, 9.17) is 4.98 Å². The number of carbonyl (C=O) groups is 1. The highest BCUT2D eigenvalue weighted by molar-refractivity contribution is 7.98. The summed E-state index contributed by atoms with van der Waals surface area (Å²) in [4.78, 5) is 22.3. The minimum absolute atomic E-state index is 0.0158. The molecule has 6 nitrogen and oxygen atoms in total. The Kier molecular flexibility index (Phi) is 4.63. The number of imidazole rings is 2. The van der Waals surface area contributed by atoms with Gasteiger partial charge in [-0.15, -0.1) is 0 Å². The lowest BCUT2D eigenvalue weighted by Crippen LogP contribution is -2.51. The molecule has 0 spiro atoms. The van der Waals surface area contributed by atoms with Gasteiger partial charge in [0.05, 0.1) is 5.69 Å². The van der Waals surface area contributed by atoms with Gasteiger partial charge >= 0.3 is 0 Å². The van der Waals surface area contributed by atoms with Gasteiger partial charge in [-0.2, -0.15) is 0 Å². The molecule has 0 atom stereocenters. The molecule has 7 heteroatoms. The molecule has 1 N–H and O–H groups in total. The molecule has 3 aromatic rings. The van der Waals surface area contributed by atoms with Crippen molar-refractivity contribution in [1.29, 1.82) is 0 Å². The summed E-state index contributed by atoms with van der Waals surface area (Å²) in [5, 5.41) is 4.28. The van der Waals surface area contributed by atoms with E-state index in [0.717, 1.165) is 46.5 Å². The topological polar surface area (TPSA) is 64.2 Å². The Bertz CT molecular complexity index is 1100. The maximum atomic E-state index is 13.2. The van der Waals surface area contributed by atoms with E-state index >= 15 is 0 Å². The van der Waals surface area contributed by atoms with Crippen molar-refractivity contribution >= 4 is 23.3 Å². The number of nitrogens with zero attached hydrogens (tertiary/aromatic N) is 4. The zero-order chi connectivity index (χ0) is 21.0. The van der Waals surface area contributed by atoms with Crippen molar-refractivity contribution in [3.05, 3.63) is 48.2 Å². The lowest BCUT2D eigenvalue weighted by atomic mass is 9.49. The van der Waals surface area contributed by atoms with Crippen molar-refractivity contribution in [1.82, 2.24) is 24.3 Å². The summed E-state index contributed by atoms with van der Waals surface area (Å²) in [5.41, 5.74) is 2.78. The smallest absolute Gasteiger partial charge is 0.268 e. The number of hydrogen-bond acceptors (Lipinski definition) is 4. The molecule has 7 rings (SSSR count). The van der Waals surface area contributed by atoms with E-state index in [1.165, 1.54) is 38.5 Å². The first kappa shape index (κ1) is 19.4. The van der Waals surface area contributed by atoms with Gasteiger partial charge in [-0.3, -0.25) is 9.20 Å². The molecule has 3 heterocycles. The Labute approximate surface area is 186 Å². The highest BCUT2D eigenvalue weighted by Crippen LogP contribution is 2.59. The summed E-state index contributed by atoms with van der Waals surface area (Å²) < 4.78 is 3.94. The van der Waals surface area contributed by atoms with Crippen molar-refractivity contribution in [2.45, 2.75) is 49.4 Å². The lowest BCUT2D eigenvalue weighted by Gasteiger charge is -2.56. The zero-order valence-electron chi connectivity index (χ0n) is 18.0. The molecule has 4 aliphatic rings. The molecule has 4 aliphatic carbocycles. The van der Waals surface area contributed by atoms with Gasteiger partial charge in [0, 0.05) is 37.9 Å². The molecule has 162 valence electrons. The van der Waals surface area contributed by atoms with Crippen LogP contribution in [-0.4, -0.2) is 31.4 Å². The average molecular weight is 436 g/mol. The second-order valence-corrected chi connectivity index (χ2v) is 11.0. The Balaban J connectivity index is 1.17. The first-order valence-corrected chi connectivity index (χ1v) is 12.4. The summed E-state index contributed by atoms with van der Waals surface area (Å²) in [6, 6.07) is 5.79. The standard InChI is InChI=1S/C24H29N5OS/c1-28-6-5-25-23(28)31-14-19-13-29-20(3-2-4-21(29)27-19)22(30)26-15-24-10-16-7-17(11-24)9-18(8-16)12-24/h2-6,13,16-18H,7-12,14-15H2,1H3,(H,26,30).